The maximum atomic E-state index is 13.5. The van der Waals surface area contributed by atoms with Gasteiger partial charge in [0.25, 0.3) is 5.91 Å². The van der Waals surface area contributed by atoms with Crippen LogP contribution in [0.4, 0.5) is 26.3 Å². The highest BCUT2D eigenvalue weighted by atomic mass is 19.4. The van der Waals surface area contributed by atoms with Crippen molar-refractivity contribution < 1.29 is 31.1 Å². The monoisotopic (exact) mass is 562 g/mol. The average molecular weight is 563 g/mol. The zero-order valence-electron chi connectivity index (χ0n) is 22.3. The number of hydrogen-bond donors (Lipinski definition) is 0. The van der Waals surface area contributed by atoms with Gasteiger partial charge in [-0.3, -0.25) is 9.69 Å². The third-order valence-electron chi connectivity index (χ3n) is 7.19. The predicted octanol–water partition coefficient (Wildman–Crippen LogP) is 7.74. The first-order valence-corrected chi connectivity index (χ1v) is 13.2. The summed E-state index contributed by atoms with van der Waals surface area (Å²) in [7, 11) is 0. The highest BCUT2D eigenvalue weighted by Gasteiger charge is 2.38. The van der Waals surface area contributed by atoms with Crippen LogP contribution in [-0.4, -0.2) is 41.9 Å². The van der Waals surface area contributed by atoms with Gasteiger partial charge in [-0.25, -0.2) is 0 Å². The van der Waals surface area contributed by atoms with E-state index in [4.69, 9.17) is 0 Å². The summed E-state index contributed by atoms with van der Waals surface area (Å²) in [6, 6.07) is 19.1. The molecule has 0 unspecified atom stereocenters. The van der Waals surface area contributed by atoms with Gasteiger partial charge in [0.2, 0.25) is 0 Å². The first-order chi connectivity index (χ1) is 18.8. The van der Waals surface area contributed by atoms with Crippen LogP contribution in [0.15, 0.2) is 78.9 Å². The Morgan fingerprint density at radius 2 is 1.50 bits per heavy atom. The summed E-state index contributed by atoms with van der Waals surface area (Å²) in [5, 5.41) is 0. The Balaban J connectivity index is 1.62. The van der Waals surface area contributed by atoms with Crippen molar-refractivity contribution in [3.05, 3.63) is 107 Å². The van der Waals surface area contributed by atoms with Crippen molar-refractivity contribution in [3.8, 4) is 0 Å². The molecule has 9 heteroatoms. The van der Waals surface area contributed by atoms with Gasteiger partial charge >= 0.3 is 12.4 Å². The molecular formula is C31H32F6N2O. The van der Waals surface area contributed by atoms with Crippen molar-refractivity contribution in [2.45, 2.75) is 38.7 Å². The number of likely N-dealkylation sites (tertiary alicyclic amines) is 1. The molecule has 0 spiro atoms. The number of carbonyl (C=O) groups excluding carboxylic acids is 1. The minimum Gasteiger partial charge on any atom is -0.338 e. The van der Waals surface area contributed by atoms with Gasteiger partial charge in [-0.2, -0.15) is 26.3 Å². The Hall–Kier alpha value is -3.33. The third-order valence-corrected chi connectivity index (χ3v) is 7.19. The Bertz CT molecular complexity index is 1270. The first-order valence-electron chi connectivity index (χ1n) is 13.2. The van der Waals surface area contributed by atoms with E-state index in [2.05, 4.69) is 0 Å². The van der Waals surface area contributed by atoms with Crippen molar-refractivity contribution in [3.63, 3.8) is 0 Å². The van der Waals surface area contributed by atoms with Gasteiger partial charge in [0.05, 0.1) is 11.1 Å². The number of halogens is 6. The Morgan fingerprint density at radius 3 is 2.10 bits per heavy atom. The highest BCUT2D eigenvalue weighted by Crippen LogP contribution is 2.38. The van der Waals surface area contributed by atoms with Crippen LogP contribution >= 0.6 is 0 Å². The van der Waals surface area contributed by atoms with Crippen LogP contribution < -0.4 is 0 Å². The first kappa shape index (κ1) is 29.6. The van der Waals surface area contributed by atoms with Crippen molar-refractivity contribution >= 4 is 5.91 Å². The normalized spacial score (nSPS) is 18.3. The number of alkyl halides is 6. The molecule has 3 aromatic rings. The lowest BCUT2D eigenvalue weighted by Gasteiger charge is -2.30. The van der Waals surface area contributed by atoms with E-state index < -0.39 is 23.5 Å². The van der Waals surface area contributed by atoms with Crippen LogP contribution in [0.5, 0.6) is 0 Å². The number of rotatable bonds is 8. The summed E-state index contributed by atoms with van der Waals surface area (Å²) < 4.78 is 79.6. The summed E-state index contributed by atoms with van der Waals surface area (Å²) >= 11 is 0. The number of nitrogens with zero attached hydrogens (tertiary/aromatic N) is 2. The molecule has 0 saturated carbocycles. The second kappa shape index (κ2) is 12.0. The Labute approximate surface area is 230 Å². The van der Waals surface area contributed by atoms with E-state index in [0.717, 1.165) is 18.2 Å². The molecule has 214 valence electrons. The molecule has 0 N–H and O–H groups in total. The third kappa shape index (κ3) is 7.44. The van der Waals surface area contributed by atoms with Crippen LogP contribution in [0.3, 0.4) is 0 Å². The largest absolute Gasteiger partial charge is 0.416 e. The van der Waals surface area contributed by atoms with Gasteiger partial charge in [-0.15, -0.1) is 0 Å². The zero-order chi connectivity index (χ0) is 29.1. The number of hydrogen-bond acceptors (Lipinski definition) is 2. The minimum atomic E-state index is -4.49. The molecule has 0 aliphatic carbocycles. The quantitative estimate of drug-likeness (QED) is 0.262. The van der Waals surface area contributed by atoms with E-state index in [1.807, 2.05) is 24.8 Å². The molecule has 1 saturated heterocycles. The molecule has 1 amide bonds. The van der Waals surface area contributed by atoms with Crippen LogP contribution in [-0.2, 0) is 18.9 Å². The van der Waals surface area contributed by atoms with Crippen LogP contribution in [0, 0.1) is 11.8 Å². The molecular weight excluding hydrogens is 530 g/mol. The van der Waals surface area contributed by atoms with E-state index in [1.165, 1.54) is 24.3 Å². The molecule has 1 fully saturated rings. The number of carbonyl (C=O) groups is 1. The van der Waals surface area contributed by atoms with E-state index in [1.54, 1.807) is 35.2 Å². The molecule has 4 rings (SSSR count). The second-order valence-electron chi connectivity index (χ2n) is 10.8. The Morgan fingerprint density at radius 1 is 0.850 bits per heavy atom. The molecule has 3 nitrogen and oxygen atoms in total. The van der Waals surface area contributed by atoms with Crippen molar-refractivity contribution in [2.24, 2.45) is 11.8 Å². The molecule has 1 aliphatic rings. The van der Waals surface area contributed by atoms with Crippen LogP contribution in [0.25, 0.3) is 0 Å². The summed E-state index contributed by atoms with van der Waals surface area (Å²) in [4.78, 5) is 17.3. The molecule has 0 radical (unpaired) electrons. The van der Waals surface area contributed by atoms with E-state index in [9.17, 15) is 31.1 Å². The fourth-order valence-corrected chi connectivity index (χ4v) is 5.38. The lowest BCUT2D eigenvalue weighted by Crippen LogP contribution is -2.39. The van der Waals surface area contributed by atoms with Crippen molar-refractivity contribution in [1.29, 1.82) is 0 Å². The van der Waals surface area contributed by atoms with Gasteiger partial charge in [-0.05, 0) is 53.3 Å². The lowest BCUT2D eigenvalue weighted by atomic mass is 9.87. The fraction of sp³-hybridized carbons (Fsp3) is 0.387. The van der Waals surface area contributed by atoms with Gasteiger partial charge in [0.1, 0.15) is 0 Å². The molecule has 0 aromatic heterocycles. The maximum absolute atomic E-state index is 13.5. The van der Waals surface area contributed by atoms with E-state index in [0.29, 0.717) is 49.4 Å². The molecule has 1 heterocycles. The maximum Gasteiger partial charge on any atom is 0.416 e. The molecule has 1 aliphatic heterocycles. The topological polar surface area (TPSA) is 23.6 Å². The number of benzene rings is 3. The van der Waals surface area contributed by atoms with Gasteiger partial charge in [-0.1, -0.05) is 62.4 Å². The summed E-state index contributed by atoms with van der Waals surface area (Å²) in [5.74, 6) is -0.443. The minimum absolute atomic E-state index is 0.140. The van der Waals surface area contributed by atoms with Crippen molar-refractivity contribution in [2.75, 3.05) is 26.2 Å². The van der Waals surface area contributed by atoms with Gasteiger partial charge in [0.15, 0.2) is 0 Å². The molecule has 3 aromatic carbocycles. The zero-order valence-corrected chi connectivity index (χ0v) is 22.3. The van der Waals surface area contributed by atoms with Gasteiger partial charge in [0, 0.05) is 44.2 Å². The van der Waals surface area contributed by atoms with Crippen LogP contribution in [0.2, 0.25) is 0 Å². The lowest BCUT2D eigenvalue weighted by molar-refractivity contribution is -0.138. The van der Waals surface area contributed by atoms with E-state index >= 15 is 0 Å². The summed E-state index contributed by atoms with van der Waals surface area (Å²) in [6.45, 7) is 6.08. The predicted molar refractivity (Wildman–Crippen MR) is 142 cm³/mol. The van der Waals surface area contributed by atoms with Gasteiger partial charge < -0.3 is 4.90 Å². The second-order valence-corrected chi connectivity index (χ2v) is 10.8. The number of amides is 1. The molecule has 40 heavy (non-hydrogen) atoms. The Kier molecular flexibility index (Phi) is 8.93. The highest BCUT2D eigenvalue weighted by molar-refractivity contribution is 5.94. The van der Waals surface area contributed by atoms with Crippen molar-refractivity contribution in [1.82, 2.24) is 9.80 Å². The smallest absolute Gasteiger partial charge is 0.338 e. The average Bonchev–Trinajstić information content (AvgIpc) is 3.29. The molecule has 2 atom stereocenters. The SMILES string of the molecule is CC(C)CN(C[C@H]1CN(Cc2ccc(C(F)(F)F)cc2)C[C@H]1c1cccc(C(F)(F)F)c1)C(=O)c1ccccc1. The summed E-state index contributed by atoms with van der Waals surface area (Å²) in [6.07, 6.45) is -8.92. The summed E-state index contributed by atoms with van der Waals surface area (Å²) in [5.41, 5.74) is 0.283. The van der Waals surface area contributed by atoms with E-state index in [-0.39, 0.29) is 23.7 Å². The fourth-order valence-electron chi connectivity index (χ4n) is 5.38. The van der Waals surface area contributed by atoms with Crippen LogP contribution in [0.1, 0.15) is 52.4 Å². The molecule has 0 bridgehead atoms. The standard InChI is InChI=1S/C31H32F6N2O/c1-21(2)16-39(29(40)23-7-4-3-5-8-23)19-25-18-38(17-22-11-13-26(14-12-22)30(32,33)34)20-28(25)24-9-6-10-27(15-24)31(35,36)37/h3-15,21,25,28H,16-20H2,1-2H3/t25-,28+/m1/s1.